The van der Waals surface area contributed by atoms with E-state index in [1.165, 1.54) is 18.2 Å². The molecule has 0 saturated heterocycles. The maximum Gasteiger partial charge on any atom is 0.266 e. The van der Waals surface area contributed by atoms with Gasteiger partial charge >= 0.3 is 0 Å². The molecule has 3 aromatic rings. The molecule has 7 heteroatoms. The molecule has 2 aliphatic rings. The molecule has 30 heavy (non-hydrogen) atoms. The first-order valence-corrected chi connectivity index (χ1v) is 9.64. The monoisotopic (exact) mass is 419 g/mol. The van der Waals surface area contributed by atoms with Crippen LogP contribution in [-0.4, -0.2) is 30.8 Å². The zero-order chi connectivity index (χ0) is 20.8. The Kier molecular flexibility index (Phi) is 4.29. The third-order valence-electron chi connectivity index (χ3n) is 5.03. The fraction of sp³-hybridized carbons (Fsp3) is 0.0870. The van der Waals surface area contributed by atoms with Gasteiger partial charge < -0.3 is 9.47 Å². The van der Waals surface area contributed by atoms with Gasteiger partial charge in [-0.15, -0.1) is 0 Å². The van der Waals surface area contributed by atoms with Crippen molar-refractivity contribution in [2.24, 2.45) is 0 Å². The second kappa shape index (κ2) is 7.00. The van der Waals surface area contributed by atoms with E-state index in [2.05, 4.69) is 0 Å². The zero-order valence-electron chi connectivity index (χ0n) is 15.6. The number of nitrogens with zero attached hydrogens (tertiary/aromatic N) is 1. The Morgan fingerprint density at radius 3 is 2.10 bits per heavy atom. The molecule has 0 aliphatic carbocycles. The van der Waals surface area contributed by atoms with Crippen molar-refractivity contribution in [1.82, 2.24) is 0 Å². The van der Waals surface area contributed by atoms with Gasteiger partial charge in [0.1, 0.15) is 13.2 Å². The fourth-order valence-corrected chi connectivity index (χ4v) is 3.83. The number of imide groups is 1. The van der Waals surface area contributed by atoms with Crippen molar-refractivity contribution in [3.8, 4) is 11.5 Å². The van der Waals surface area contributed by atoms with Gasteiger partial charge in [0.2, 0.25) is 0 Å². The summed E-state index contributed by atoms with van der Waals surface area (Å²) < 4.78 is 11.2. The molecule has 0 saturated carbocycles. The topological polar surface area (TPSA) is 72.9 Å². The molecule has 0 aromatic heterocycles. The normalized spacial score (nSPS) is 14.6. The summed E-state index contributed by atoms with van der Waals surface area (Å²) in [4.78, 5) is 40.4. The van der Waals surface area contributed by atoms with Crippen LogP contribution >= 0.6 is 11.6 Å². The average molecular weight is 420 g/mol. The number of ether oxygens (including phenoxy) is 2. The Balaban J connectivity index is 1.69. The molecule has 148 valence electrons. The lowest BCUT2D eigenvalue weighted by molar-refractivity contribution is 0.0926. The Labute approximate surface area is 176 Å². The molecule has 0 N–H and O–H groups in total. The molecule has 0 atom stereocenters. The van der Waals surface area contributed by atoms with Gasteiger partial charge in [-0.3, -0.25) is 14.4 Å². The number of amides is 2. The molecule has 5 rings (SSSR count). The van der Waals surface area contributed by atoms with E-state index in [0.717, 1.165) is 4.90 Å². The Morgan fingerprint density at radius 2 is 1.47 bits per heavy atom. The average Bonchev–Trinajstić information content (AvgIpc) is 3.02. The molecule has 0 fully saturated rings. The highest BCUT2D eigenvalue weighted by molar-refractivity contribution is 6.36. The molecular formula is C23H14ClNO5. The van der Waals surface area contributed by atoms with Gasteiger partial charge in [-0.25, -0.2) is 4.90 Å². The molecule has 3 aromatic carbocycles. The highest BCUT2D eigenvalue weighted by atomic mass is 35.5. The van der Waals surface area contributed by atoms with Crippen molar-refractivity contribution >= 4 is 34.9 Å². The van der Waals surface area contributed by atoms with Gasteiger partial charge in [-0.2, -0.15) is 0 Å². The third kappa shape index (κ3) is 2.84. The number of anilines is 1. The molecule has 2 aliphatic heterocycles. The van der Waals surface area contributed by atoms with Crippen LogP contribution in [0.4, 0.5) is 5.69 Å². The highest BCUT2D eigenvalue weighted by Crippen LogP contribution is 2.40. The molecular weight excluding hydrogens is 406 g/mol. The lowest BCUT2D eigenvalue weighted by atomic mass is 10.00. The molecule has 0 unspecified atom stereocenters. The standard InChI is InChI=1S/C23H14ClNO5/c24-14-5-3-4-13(10-14)21(26)17-11-19-20(30-9-8-29-19)12-18(17)25-22(27)15-6-1-2-7-16(15)23(25)28/h1-7,10-12H,8-9H2. The number of carbonyl (C=O) groups excluding carboxylic acids is 3. The van der Waals surface area contributed by atoms with Gasteiger partial charge in [-0.1, -0.05) is 35.9 Å². The van der Waals surface area contributed by atoms with Crippen molar-refractivity contribution < 1.29 is 23.9 Å². The van der Waals surface area contributed by atoms with Crippen LogP contribution < -0.4 is 14.4 Å². The fourth-order valence-electron chi connectivity index (χ4n) is 3.64. The van der Waals surface area contributed by atoms with Gasteiger partial charge in [0, 0.05) is 16.7 Å². The van der Waals surface area contributed by atoms with E-state index >= 15 is 0 Å². The van der Waals surface area contributed by atoms with Crippen molar-refractivity contribution in [3.05, 3.63) is 87.9 Å². The van der Waals surface area contributed by atoms with E-state index in [1.54, 1.807) is 42.5 Å². The molecule has 0 spiro atoms. The van der Waals surface area contributed by atoms with Crippen LogP contribution in [0, 0.1) is 0 Å². The van der Waals surface area contributed by atoms with Crippen LogP contribution in [-0.2, 0) is 0 Å². The number of hydrogen-bond donors (Lipinski definition) is 0. The van der Waals surface area contributed by atoms with Gasteiger partial charge in [0.25, 0.3) is 11.8 Å². The lowest BCUT2D eigenvalue weighted by Crippen LogP contribution is -2.31. The first kappa shape index (κ1) is 18.4. The molecule has 0 bridgehead atoms. The zero-order valence-corrected chi connectivity index (χ0v) is 16.3. The predicted octanol–water partition coefficient (Wildman–Crippen LogP) is 4.14. The number of rotatable bonds is 3. The van der Waals surface area contributed by atoms with Crippen LogP contribution in [0.2, 0.25) is 5.02 Å². The smallest absolute Gasteiger partial charge is 0.266 e. The largest absolute Gasteiger partial charge is 0.486 e. The minimum atomic E-state index is -0.493. The number of fused-ring (bicyclic) bond motifs is 2. The predicted molar refractivity (Wildman–Crippen MR) is 110 cm³/mol. The Morgan fingerprint density at radius 1 is 0.833 bits per heavy atom. The second-order valence-corrected chi connectivity index (χ2v) is 7.28. The van der Waals surface area contributed by atoms with Crippen molar-refractivity contribution in [3.63, 3.8) is 0 Å². The number of hydrogen-bond acceptors (Lipinski definition) is 5. The maximum absolute atomic E-state index is 13.3. The minimum Gasteiger partial charge on any atom is -0.486 e. The summed E-state index contributed by atoms with van der Waals surface area (Å²) in [5, 5.41) is 0.403. The molecule has 2 heterocycles. The first-order valence-electron chi connectivity index (χ1n) is 9.26. The molecule has 6 nitrogen and oxygen atoms in total. The summed E-state index contributed by atoms with van der Waals surface area (Å²) in [5.41, 5.74) is 1.21. The Hall–Kier alpha value is -3.64. The van der Waals surface area contributed by atoms with Crippen molar-refractivity contribution in [1.29, 1.82) is 0 Å². The molecule has 0 radical (unpaired) electrons. The van der Waals surface area contributed by atoms with Crippen LogP contribution in [0.1, 0.15) is 36.6 Å². The highest BCUT2D eigenvalue weighted by Gasteiger charge is 2.39. The van der Waals surface area contributed by atoms with E-state index in [-0.39, 0.29) is 17.0 Å². The van der Waals surface area contributed by atoms with Crippen LogP contribution in [0.3, 0.4) is 0 Å². The summed E-state index contributed by atoms with van der Waals surface area (Å²) in [6.07, 6.45) is 0. The second-order valence-electron chi connectivity index (χ2n) is 6.84. The van der Waals surface area contributed by atoms with E-state index < -0.39 is 11.8 Å². The maximum atomic E-state index is 13.3. The SMILES string of the molecule is O=C(c1cccc(Cl)c1)c1cc2c(cc1N1C(=O)c3ccccc3C1=O)OCCO2. The number of benzene rings is 3. The van der Waals surface area contributed by atoms with Gasteiger partial charge in [-0.05, 0) is 30.3 Å². The van der Waals surface area contributed by atoms with Crippen molar-refractivity contribution in [2.75, 3.05) is 18.1 Å². The summed E-state index contributed by atoms with van der Waals surface area (Å²) in [6, 6.07) is 16.1. The summed E-state index contributed by atoms with van der Waals surface area (Å²) in [5.74, 6) is -0.622. The van der Waals surface area contributed by atoms with Crippen molar-refractivity contribution in [2.45, 2.75) is 0 Å². The van der Waals surface area contributed by atoms with Gasteiger partial charge in [0.15, 0.2) is 17.3 Å². The van der Waals surface area contributed by atoms with Crippen LogP contribution in [0.15, 0.2) is 60.7 Å². The number of carbonyl (C=O) groups is 3. The quantitative estimate of drug-likeness (QED) is 0.471. The number of halogens is 1. The summed E-state index contributed by atoms with van der Waals surface area (Å²) in [7, 11) is 0. The molecule has 2 amide bonds. The van der Waals surface area contributed by atoms with Crippen LogP contribution in [0.25, 0.3) is 0 Å². The van der Waals surface area contributed by atoms with E-state index in [0.29, 0.717) is 46.4 Å². The Bertz CT molecular complexity index is 1200. The van der Waals surface area contributed by atoms with E-state index in [1.807, 2.05) is 0 Å². The first-order chi connectivity index (χ1) is 14.5. The minimum absolute atomic E-state index is 0.149. The number of ketones is 1. The summed E-state index contributed by atoms with van der Waals surface area (Å²) >= 11 is 6.05. The van der Waals surface area contributed by atoms with Gasteiger partial charge in [0.05, 0.1) is 22.4 Å². The van der Waals surface area contributed by atoms with E-state index in [4.69, 9.17) is 21.1 Å². The van der Waals surface area contributed by atoms with Crippen LogP contribution in [0.5, 0.6) is 11.5 Å². The lowest BCUT2D eigenvalue weighted by Gasteiger charge is -2.24. The van der Waals surface area contributed by atoms with E-state index in [9.17, 15) is 14.4 Å². The summed E-state index contributed by atoms with van der Waals surface area (Å²) in [6.45, 7) is 0.667. The third-order valence-corrected chi connectivity index (χ3v) is 5.26.